The van der Waals surface area contributed by atoms with Gasteiger partial charge in [-0.2, -0.15) is 0 Å². The highest BCUT2D eigenvalue weighted by Crippen LogP contribution is 2.41. The van der Waals surface area contributed by atoms with Gasteiger partial charge in [-0.15, -0.1) is 0 Å². The number of hydrogen-bond donors (Lipinski definition) is 1. The lowest BCUT2D eigenvalue weighted by Crippen LogP contribution is -2.50. The lowest BCUT2D eigenvalue weighted by Gasteiger charge is -2.38. The summed E-state index contributed by atoms with van der Waals surface area (Å²) in [6.07, 6.45) is 8.00. The first-order valence-corrected chi connectivity index (χ1v) is 10.3. The van der Waals surface area contributed by atoms with Gasteiger partial charge in [0.2, 0.25) is 5.91 Å². The Morgan fingerprint density at radius 2 is 1.85 bits per heavy atom. The number of carbonyl (C=O) groups is 2. The number of carbonyl (C=O) groups excluding carboxylic acids is 1. The Hall–Kier alpha value is -1.82. The highest BCUT2D eigenvalue weighted by atomic mass is 35.5. The highest BCUT2D eigenvalue weighted by Gasteiger charge is 2.48. The fourth-order valence-electron chi connectivity index (χ4n) is 5.12. The molecule has 4 rings (SSSR count). The predicted octanol–water partition coefficient (Wildman–Crippen LogP) is 3.20. The fraction of sp³-hybridized carbons (Fsp3) is 0.650. The third-order valence-electron chi connectivity index (χ3n) is 6.51. The first kappa shape index (κ1) is 18.5. The number of carboxylic acids is 1. The SMILES string of the molecule is O=C(O)C1CC2CCCCC2N1C(=O)C1CCN(c2ccc(Cl)cn2)CC1. The number of halogens is 1. The largest absolute Gasteiger partial charge is 0.480 e. The van der Waals surface area contributed by atoms with Gasteiger partial charge < -0.3 is 14.9 Å². The summed E-state index contributed by atoms with van der Waals surface area (Å²) < 4.78 is 0. The Labute approximate surface area is 164 Å². The van der Waals surface area contributed by atoms with E-state index in [2.05, 4.69) is 9.88 Å². The van der Waals surface area contributed by atoms with Crippen LogP contribution in [-0.2, 0) is 9.59 Å². The second kappa shape index (κ2) is 7.66. The van der Waals surface area contributed by atoms with Crippen molar-refractivity contribution in [1.82, 2.24) is 9.88 Å². The van der Waals surface area contributed by atoms with Gasteiger partial charge in [-0.05, 0) is 50.2 Å². The molecule has 3 aliphatic rings. The van der Waals surface area contributed by atoms with Crippen LogP contribution >= 0.6 is 11.6 Å². The van der Waals surface area contributed by atoms with E-state index in [1.54, 1.807) is 11.1 Å². The van der Waals surface area contributed by atoms with Crippen molar-refractivity contribution < 1.29 is 14.7 Å². The molecule has 0 radical (unpaired) electrons. The first-order valence-electron chi connectivity index (χ1n) is 9.96. The Kier molecular flexibility index (Phi) is 5.26. The van der Waals surface area contributed by atoms with Crippen LogP contribution in [0.1, 0.15) is 44.9 Å². The van der Waals surface area contributed by atoms with Crippen LogP contribution in [0, 0.1) is 11.8 Å². The third kappa shape index (κ3) is 3.64. The van der Waals surface area contributed by atoms with Gasteiger partial charge in [0.1, 0.15) is 11.9 Å². The molecule has 3 atom stereocenters. The van der Waals surface area contributed by atoms with Crippen LogP contribution in [0.2, 0.25) is 5.02 Å². The topological polar surface area (TPSA) is 73.7 Å². The number of amides is 1. The van der Waals surface area contributed by atoms with E-state index in [0.717, 1.165) is 57.4 Å². The van der Waals surface area contributed by atoms with Crippen molar-refractivity contribution in [3.63, 3.8) is 0 Å². The molecule has 0 aromatic carbocycles. The third-order valence-corrected chi connectivity index (χ3v) is 6.73. The van der Waals surface area contributed by atoms with Crippen molar-refractivity contribution in [2.45, 2.75) is 57.0 Å². The minimum atomic E-state index is -0.847. The molecule has 1 aliphatic carbocycles. The predicted molar refractivity (Wildman–Crippen MR) is 103 cm³/mol. The summed E-state index contributed by atoms with van der Waals surface area (Å²) in [6, 6.07) is 3.22. The molecule has 3 fully saturated rings. The lowest BCUT2D eigenvalue weighted by molar-refractivity contribution is -0.152. The Morgan fingerprint density at radius 1 is 1.11 bits per heavy atom. The normalized spacial score (nSPS) is 28.9. The molecule has 6 nitrogen and oxygen atoms in total. The molecule has 2 aliphatic heterocycles. The van der Waals surface area contributed by atoms with Crippen LogP contribution in [-0.4, -0.2) is 52.0 Å². The van der Waals surface area contributed by atoms with E-state index in [4.69, 9.17) is 11.6 Å². The maximum atomic E-state index is 13.3. The number of piperidine rings is 1. The zero-order chi connectivity index (χ0) is 19.0. The van der Waals surface area contributed by atoms with Gasteiger partial charge >= 0.3 is 5.97 Å². The fourth-order valence-corrected chi connectivity index (χ4v) is 5.23. The quantitative estimate of drug-likeness (QED) is 0.856. The van der Waals surface area contributed by atoms with E-state index < -0.39 is 12.0 Å². The molecule has 1 N–H and O–H groups in total. The second-order valence-electron chi connectivity index (χ2n) is 8.04. The molecule has 2 saturated heterocycles. The molecular formula is C20H26ClN3O3. The monoisotopic (exact) mass is 391 g/mol. The van der Waals surface area contributed by atoms with E-state index in [1.165, 1.54) is 0 Å². The minimum Gasteiger partial charge on any atom is -0.480 e. The van der Waals surface area contributed by atoms with Crippen LogP contribution in [0.4, 0.5) is 5.82 Å². The van der Waals surface area contributed by atoms with Crippen molar-refractivity contribution in [3.05, 3.63) is 23.4 Å². The van der Waals surface area contributed by atoms with Gasteiger partial charge in [0.25, 0.3) is 0 Å². The maximum Gasteiger partial charge on any atom is 0.326 e. The maximum absolute atomic E-state index is 13.3. The van der Waals surface area contributed by atoms with Crippen LogP contribution < -0.4 is 4.90 Å². The number of fused-ring (bicyclic) bond motifs is 1. The standard InChI is InChI=1S/C20H26ClN3O3/c21-15-5-6-18(22-12-15)23-9-7-13(8-10-23)19(25)24-16-4-2-1-3-14(16)11-17(24)20(26)27/h5-6,12-14,16-17H,1-4,7-11H2,(H,26,27). The number of aliphatic carboxylic acids is 1. The zero-order valence-corrected chi connectivity index (χ0v) is 16.1. The number of aromatic nitrogens is 1. The average molecular weight is 392 g/mol. The molecule has 146 valence electrons. The van der Waals surface area contributed by atoms with E-state index in [9.17, 15) is 14.7 Å². The molecule has 1 saturated carbocycles. The van der Waals surface area contributed by atoms with Crippen molar-refractivity contribution in [3.8, 4) is 0 Å². The second-order valence-corrected chi connectivity index (χ2v) is 8.48. The van der Waals surface area contributed by atoms with E-state index in [0.29, 0.717) is 17.4 Å². The highest BCUT2D eigenvalue weighted by molar-refractivity contribution is 6.30. The molecule has 3 unspecified atom stereocenters. The van der Waals surface area contributed by atoms with Crippen LogP contribution in [0.5, 0.6) is 0 Å². The Balaban J connectivity index is 1.43. The molecule has 7 heteroatoms. The van der Waals surface area contributed by atoms with Gasteiger partial charge in [-0.1, -0.05) is 24.4 Å². The average Bonchev–Trinajstić information content (AvgIpc) is 3.08. The summed E-state index contributed by atoms with van der Waals surface area (Å²) in [5.74, 6) is 0.363. The Bertz CT molecular complexity index is 703. The first-order chi connectivity index (χ1) is 13.0. The molecule has 1 aromatic rings. The summed E-state index contributed by atoms with van der Waals surface area (Å²) in [5.41, 5.74) is 0. The Morgan fingerprint density at radius 3 is 2.52 bits per heavy atom. The van der Waals surface area contributed by atoms with E-state index in [1.807, 2.05) is 12.1 Å². The van der Waals surface area contributed by atoms with E-state index in [-0.39, 0.29) is 17.9 Å². The smallest absolute Gasteiger partial charge is 0.326 e. The number of rotatable bonds is 3. The number of carboxylic acid groups (broad SMARTS) is 1. The number of likely N-dealkylation sites (tertiary alicyclic amines) is 1. The van der Waals surface area contributed by atoms with Crippen molar-refractivity contribution >= 4 is 29.3 Å². The van der Waals surface area contributed by atoms with Gasteiger partial charge in [0.15, 0.2) is 0 Å². The summed E-state index contributed by atoms with van der Waals surface area (Å²) in [4.78, 5) is 33.3. The van der Waals surface area contributed by atoms with Gasteiger partial charge in [0.05, 0.1) is 5.02 Å². The number of pyridine rings is 1. The van der Waals surface area contributed by atoms with Crippen molar-refractivity contribution in [1.29, 1.82) is 0 Å². The molecule has 1 aromatic heterocycles. The molecule has 0 bridgehead atoms. The molecule has 27 heavy (non-hydrogen) atoms. The van der Waals surface area contributed by atoms with E-state index >= 15 is 0 Å². The number of hydrogen-bond acceptors (Lipinski definition) is 4. The minimum absolute atomic E-state index is 0.0560. The summed E-state index contributed by atoms with van der Waals surface area (Å²) in [6.45, 7) is 1.51. The molecular weight excluding hydrogens is 366 g/mol. The summed E-state index contributed by atoms with van der Waals surface area (Å²) in [5, 5.41) is 10.3. The summed E-state index contributed by atoms with van der Waals surface area (Å²) in [7, 11) is 0. The van der Waals surface area contributed by atoms with Crippen molar-refractivity contribution in [2.24, 2.45) is 11.8 Å². The number of anilines is 1. The van der Waals surface area contributed by atoms with Crippen LogP contribution in [0.3, 0.4) is 0 Å². The van der Waals surface area contributed by atoms with Gasteiger partial charge in [-0.25, -0.2) is 9.78 Å². The van der Waals surface area contributed by atoms with Crippen molar-refractivity contribution in [2.75, 3.05) is 18.0 Å². The number of nitrogens with zero attached hydrogens (tertiary/aromatic N) is 3. The van der Waals surface area contributed by atoms with Gasteiger partial charge in [-0.3, -0.25) is 4.79 Å². The molecule has 3 heterocycles. The van der Waals surface area contributed by atoms with Crippen LogP contribution in [0.25, 0.3) is 0 Å². The summed E-state index contributed by atoms with van der Waals surface area (Å²) >= 11 is 5.90. The molecule has 1 amide bonds. The van der Waals surface area contributed by atoms with Gasteiger partial charge in [0, 0.05) is 31.2 Å². The molecule has 0 spiro atoms. The van der Waals surface area contributed by atoms with Crippen LogP contribution in [0.15, 0.2) is 18.3 Å². The zero-order valence-electron chi connectivity index (χ0n) is 15.4. The lowest BCUT2D eigenvalue weighted by atomic mass is 9.84.